The molecule has 0 saturated heterocycles. The first-order valence-electron chi connectivity index (χ1n) is 7.89. The molecular weight excluding hydrogens is 352 g/mol. The van der Waals surface area contributed by atoms with Crippen LogP contribution < -0.4 is 11.1 Å². The van der Waals surface area contributed by atoms with E-state index < -0.39 is 5.91 Å². The Hall–Kier alpha value is -3.18. The summed E-state index contributed by atoms with van der Waals surface area (Å²) >= 11 is 6.37. The fraction of sp³-hybridized carbons (Fsp3) is 0.0500. The molecule has 0 aliphatic carbocycles. The minimum Gasteiger partial charge on any atom is -0.508 e. The van der Waals surface area contributed by atoms with Gasteiger partial charge in [-0.1, -0.05) is 41.9 Å². The number of halogens is 1. The summed E-state index contributed by atoms with van der Waals surface area (Å²) in [6.45, 7) is 0.568. The quantitative estimate of drug-likeness (QED) is 0.544. The number of para-hydroxylation sites is 1. The first-order chi connectivity index (χ1) is 12.5. The summed E-state index contributed by atoms with van der Waals surface area (Å²) in [5.74, 6) is -0.668. The van der Waals surface area contributed by atoms with Crippen LogP contribution in [-0.4, -0.2) is 16.1 Å². The molecule has 0 saturated carbocycles. The summed E-state index contributed by atoms with van der Waals surface area (Å²) in [6, 6.07) is 17.0. The van der Waals surface area contributed by atoms with E-state index >= 15 is 0 Å². The van der Waals surface area contributed by atoms with Crippen molar-refractivity contribution in [3.63, 3.8) is 0 Å². The topological polar surface area (TPSA) is 95.6 Å². The standard InChI is InChI=1S/C20H17ClN2O3/c21-18-10-13(23-11-12-4-7-14(24)8-5-12)6-9-15(18)16-2-1-3-17(19(16)25)20(22)26/h1-10,23-25H,11H2,(H2,22,26). The fourth-order valence-corrected chi connectivity index (χ4v) is 2.90. The number of amides is 1. The molecule has 0 aliphatic rings. The van der Waals surface area contributed by atoms with Crippen molar-refractivity contribution in [2.45, 2.75) is 6.54 Å². The molecule has 0 bridgehead atoms. The van der Waals surface area contributed by atoms with E-state index in [1.165, 1.54) is 6.07 Å². The van der Waals surface area contributed by atoms with Gasteiger partial charge in [-0.15, -0.1) is 0 Å². The number of carbonyl (C=O) groups is 1. The molecule has 0 radical (unpaired) electrons. The van der Waals surface area contributed by atoms with E-state index in [1.54, 1.807) is 36.4 Å². The molecule has 5 nitrogen and oxygen atoms in total. The lowest BCUT2D eigenvalue weighted by Crippen LogP contribution is -2.11. The molecule has 26 heavy (non-hydrogen) atoms. The predicted octanol–water partition coefficient (Wildman–Crippen LogP) is 4.13. The van der Waals surface area contributed by atoms with E-state index in [9.17, 15) is 15.0 Å². The number of phenolic OH excluding ortho intramolecular Hbond substituents is 1. The van der Waals surface area contributed by atoms with Crippen molar-refractivity contribution in [1.29, 1.82) is 0 Å². The van der Waals surface area contributed by atoms with Crippen LogP contribution in [0.1, 0.15) is 15.9 Å². The van der Waals surface area contributed by atoms with E-state index in [-0.39, 0.29) is 17.1 Å². The molecule has 0 spiro atoms. The lowest BCUT2D eigenvalue weighted by molar-refractivity contribution is 0.0998. The summed E-state index contributed by atoms with van der Waals surface area (Å²) in [6.07, 6.45) is 0. The molecule has 0 aromatic heterocycles. The molecule has 3 aromatic rings. The van der Waals surface area contributed by atoms with Gasteiger partial charge in [-0.2, -0.15) is 0 Å². The van der Waals surface area contributed by atoms with E-state index in [0.29, 0.717) is 22.7 Å². The number of aromatic hydroxyl groups is 2. The highest BCUT2D eigenvalue weighted by Gasteiger charge is 2.15. The van der Waals surface area contributed by atoms with Gasteiger partial charge in [0.1, 0.15) is 11.5 Å². The van der Waals surface area contributed by atoms with Crippen LogP contribution in [0.25, 0.3) is 11.1 Å². The third-order valence-corrected chi connectivity index (χ3v) is 4.31. The van der Waals surface area contributed by atoms with E-state index in [4.69, 9.17) is 17.3 Å². The number of primary amides is 1. The number of nitrogens with one attached hydrogen (secondary N) is 1. The van der Waals surface area contributed by atoms with Crippen LogP contribution in [0, 0.1) is 0 Å². The monoisotopic (exact) mass is 368 g/mol. The van der Waals surface area contributed by atoms with E-state index in [1.807, 2.05) is 18.2 Å². The maximum atomic E-state index is 11.4. The zero-order chi connectivity index (χ0) is 18.7. The van der Waals surface area contributed by atoms with Crippen molar-refractivity contribution >= 4 is 23.2 Å². The second-order valence-electron chi connectivity index (χ2n) is 5.78. The van der Waals surface area contributed by atoms with Crippen LogP contribution in [-0.2, 0) is 6.54 Å². The Morgan fingerprint density at radius 1 is 1.00 bits per heavy atom. The lowest BCUT2D eigenvalue weighted by atomic mass is 10.0. The van der Waals surface area contributed by atoms with Crippen molar-refractivity contribution in [1.82, 2.24) is 0 Å². The van der Waals surface area contributed by atoms with Gasteiger partial charge in [0.05, 0.1) is 10.6 Å². The Labute approximate surface area is 155 Å². The maximum absolute atomic E-state index is 11.4. The number of hydrogen-bond donors (Lipinski definition) is 4. The van der Waals surface area contributed by atoms with Crippen molar-refractivity contribution in [2.75, 3.05) is 5.32 Å². The molecule has 6 heteroatoms. The number of phenols is 2. The second-order valence-corrected chi connectivity index (χ2v) is 6.19. The third-order valence-electron chi connectivity index (χ3n) is 3.99. The number of carbonyl (C=O) groups excluding carboxylic acids is 1. The smallest absolute Gasteiger partial charge is 0.252 e. The number of nitrogens with two attached hydrogens (primary N) is 1. The van der Waals surface area contributed by atoms with Crippen LogP contribution in [0.5, 0.6) is 11.5 Å². The summed E-state index contributed by atoms with van der Waals surface area (Å²) in [5, 5.41) is 23.3. The Bertz CT molecular complexity index is 956. The zero-order valence-corrected chi connectivity index (χ0v) is 14.5. The Morgan fingerprint density at radius 2 is 1.73 bits per heavy atom. The number of benzene rings is 3. The van der Waals surface area contributed by atoms with Gasteiger partial charge < -0.3 is 21.3 Å². The SMILES string of the molecule is NC(=O)c1cccc(-c2ccc(NCc3ccc(O)cc3)cc2Cl)c1O. The fourth-order valence-electron chi connectivity index (χ4n) is 2.62. The largest absolute Gasteiger partial charge is 0.508 e. The van der Waals surface area contributed by atoms with Crippen LogP contribution in [0.3, 0.4) is 0 Å². The minimum atomic E-state index is -0.701. The van der Waals surface area contributed by atoms with Crippen molar-refractivity contribution in [3.8, 4) is 22.6 Å². The van der Waals surface area contributed by atoms with Crippen LogP contribution in [0.4, 0.5) is 5.69 Å². The van der Waals surface area contributed by atoms with Crippen LogP contribution in [0.2, 0.25) is 5.02 Å². The lowest BCUT2D eigenvalue weighted by Gasteiger charge is -2.12. The molecule has 3 aromatic carbocycles. The molecule has 3 rings (SSSR count). The molecule has 1 amide bonds. The highest BCUT2D eigenvalue weighted by atomic mass is 35.5. The molecule has 0 unspecified atom stereocenters. The summed E-state index contributed by atoms with van der Waals surface area (Å²) in [5.41, 5.74) is 8.17. The van der Waals surface area contributed by atoms with Gasteiger partial charge in [0, 0.05) is 23.4 Å². The molecule has 0 atom stereocenters. The van der Waals surface area contributed by atoms with Crippen LogP contribution >= 0.6 is 11.6 Å². The van der Waals surface area contributed by atoms with Crippen molar-refractivity contribution in [3.05, 3.63) is 76.8 Å². The van der Waals surface area contributed by atoms with Gasteiger partial charge in [-0.25, -0.2) is 0 Å². The normalized spacial score (nSPS) is 10.5. The maximum Gasteiger partial charge on any atom is 0.252 e. The predicted molar refractivity (Wildman–Crippen MR) is 103 cm³/mol. The van der Waals surface area contributed by atoms with Gasteiger partial charge in [-0.05, 0) is 35.9 Å². The molecule has 0 aliphatic heterocycles. The summed E-state index contributed by atoms with van der Waals surface area (Å²) in [7, 11) is 0. The first kappa shape index (κ1) is 17.6. The Balaban J connectivity index is 1.83. The highest BCUT2D eigenvalue weighted by molar-refractivity contribution is 6.33. The Kier molecular flexibility index (Phi) is 5.00. The van der Waals surface area contributed by atoms with Crippen molar-refractivity contribution in [2.24, 2.45) is 5.73 Å². The average Bonchev–Trinajstić information content (AvgIpc) is 2.62. The summed E-state index contributed by atoms with van der Waals surface area (Å²) in [4.78, 5) is 11.4. The van der Waals surface area contributed by atoms with Gasteiger partial charge in [0.2, 0.25) is 0 Å². The molecule has 0 fully saturated rings. The van der Waals surface area contributed by atoms with E-state index in [2.05, 4.69) is 5.32 Å². The summed E-state index contributed by atoms with van der Waals surface area (Å²) < 4.78 is 0. The average molecular weight is 369 g/mol. The van der Waals surface area contributed by atoms with Gasteiger partial charge >= 0.3 is 0 Å². The van der Waals surface area contributed by atoms with Crippen molar-refractivity contribution < 1.29 is 15.0 Å². The van der Waals surface area contributed by atoms with Gasteiger partial charge in [0.15, 0.2) is 0 Å². The molecule has 0 heterocycles. The molecular formula is C20H17ClN2O3. The molecule has 5 N–H and O–H groups in total. The van der Waals surface area contributed by atoms with Crippen LogP contribution in [0.15, 0.2) is 60.7 Å². The minimum absolute atomic E-state index is 0.0492. The Morgan fingerprint density at radius 3 is 2.38 bits per heavy atom. The zero-order valence-electron chi connectivity index (χ0n) is 13.7. The second kappa shape index (κ2) is 7.37. The van der Waals surface area contributed by atoms with E-state index in [0.717, 1.165) is 11.3 Å². The first-order valence-corrected chi connectivity index (χ1v) is 8.27. The molecule has 132 valence electrons. The number of rotatable bonds is 5. The van der Waals surface area contributed by atoms with Gasteiger partial charge in [0.25, 0.3) is 5.91 Å². The van der Waals surface area contributed by atoms with Gasteiger partial charge in [-0.3, -0.25) is 4.79 Å². The highest BCUT2D eigenvalue weighted by Crippen LogP contribution is 2.37. The number of anilines is 1. The number of hydrogen-bond acceptors (Lipinski definition) is 4. The third kappa shape index (κ3) is 3.73.